The van der Waals surface area contributed by atoms with Gasteiger partial charge in [-0.3, -0.25) is 9.59 Å². The molecule has 0 bridgehead atoms. The summed E-state index contributed by atoms with van der Waals surface area (Å²) in [5.74, 6) is -1.17. The van der Waals surface area contributed by atoms with E-state index < -0.39 is 11.4 Å². The Morgan fingerprint density at radius 2 is 1.90 bits per heavy atom. The molecule has 0 aromatic rings. The molecule has 2 aliphatic rings. The summed E-state index contributed by atoms with van der Waals surface area (Å²) in [6.07, 6.45) is 2.42. The molecule has 0 aromatic heterocycles. The summed E-state index contributed by atoms with van der Waals surface area (Å²) in [6, 6.07) is -0.246. The maximum absolute atomic E-state index is 12.0. The van der Waals surface area contributed by atoms with E-state index in [0.717, 1.165) is 0 Å². The van der Waals surface area contributed by atoms with E-state index in [0.29, 0.717) is 45.4 Å². The van der Waals surface area contributed by atoms with Gasteiger partial charge < -0.3 is 20.1 Å². The summed E-state index contributed by atoms with van der Waals surface area (Å²) in [7, 11) is 0. The van der Waals surface area contributed by atoms with Crippen LogP contribution in [0.4, 0.5) is 4.79 Å². The first-order valence-electron chi connectivity index (χ1n) is 7.41. The van der Waals surface area contributed by atoms with Crippen molar-refractivity contribution in [1.82, 2.24) is 10.2 Å². The van der Waals surface area contributed by atoms with Crippen LogP contribution in [0.15, 0.2) is 0 Å². The van der Waals surface area contributed by atoms with E-state index in [9.17, 15) is 14.4 Å². The second-order valence-corrected chi connectivity index (χ2v) is 5.76. The smallest absolute Gasteiger partial charge is 0.317 e. The van der Waals surface area contributed by atoms with Gasteiger partial charge in [-0.05, 0) is 32.6 Å². The molecule has 0 spiro atoms. The van der Waals surface area contributed by atoms with E-state index in [-0.39, 0.29) is 24.5 Å². The standard InChI is InChI=1S/C14H22N2O5/c1-2-21-11(17)10-3-7-16(8-4-10)13(20)15-9-14(5-6-14)12(18)19/h10H,2-9H2,1H3,(H,15,20)(H,18,19). The van der Waals surface area contributed by atoms with E-state index in [1.807, 2.05) is 0 Å². The third-order valence-corrected chi connectivity index (χ3v) is 4.29. The van der Waals surface area contributed by atoms with Crippen molar-refractivity contribution in [1.29, 1.82) is 0 Å². The van der Waals surface area contributed by atoms with Crippen LogP contribution in [0.25, 0.3) is 0 Å². The van der Waals surface area contributed by atoms with Gasteiger partial charge >= 0.3 is 18.0 Å². The number of nitrogens with one attached hydrogen (secondary N) is 1. The number of nitrogens with zero attached hydrogens (tertiary/aromatic N) is 1. The molecule has 2 N–H and O–H groups in total. The Bertz CT molecular complexity index is 425. The number of carbonyl (C=O) groups excluding carboxylic acids is 2. The number of rotatable bonds is 5. The van der Waals surface area contributed by atoms with Crippen LogP contribution in [0.2, 0.25) is 0 Å². The number of hydrogen-bond acceptors (Lipinski definition) is 4. The fourth-order valence-corrected chi connectivity index (χ4v) is 2.55. The zero-order chi connectivity index (χ0) is 15.5. The molecule has 2 fully saturated rings. The van der Waals surface area contributed by atoms with Gasteiger partial charge in [-0.1, -0.05) is 0 Å². The number of carboxylic acid groups (broad SMARTS) is 1. The highest BCUT2D eigenvalue weighted by atomic mass is 16.5. The molecule has 7 nitrogen and oxygen atoms in total. The van der Waals surface area contributed by atoms with Gasteiger partial charge in [0, 0.05) is 19.6 Å². The fraction of sp³-hybridized carbons (Fsp3) is 0.786. The number of urea groups is 1. The van der Waals surface area contributed by atoms with Crippen molar-refractivity contribution < 1.29 is 24.2 Å². The van der Waals surface area contributed by atoms with Gasteiger partial charge in [0.25, 0.3) is 0 Å². The predicted molar refractivity (Wildman–Crippen MR) is 73.6 cm³/mol. The fourth-order valence-electron chi connectivity index (χ4n) is 2.55. The Kier molecular flexibility index (Phi) is 4.69. The molecule has 0 unspecified atom stereocenters. The average molecular weight is 298 g/mol. The molecule has 2 rings (SSSR count). The molecule has 21 heavy (non-hydrogen) atoms. The van der Waals surface area contributed by atoms with E-state index in [2.05, 4.69) is 5.32 Å². The molecule has 1 saturated heterocycles. The van der Waals surface area contributed by atoms with Gasteiger partial charge in [0.2, 0.25) is 0 Å². The average Bonchev–Trinajstić information content (AvgIpc) is 3.26. The molecule has 7 heteroatoms. The molecule has 1 heterocycles. The summed E-state index contributed by atoms with van der Waals surface area (Å²) >= 11 is 0. The zero-order valence-electron chi connectivity index (χ0n) is 12.3. The number of aliphatic carboxylic acids is 1. The molecule has 2 amide bonds. The Morgan fingerprint density at radius 1 is 1.29 bits per heavy atom. The first-order chi connectivity index (χ1) is 9.98. The van der Waals surface area contributed by atoms with Crippen LogP contribution in [0, 0.1) is 11.3 Å². The molecular weight excluding hydrogens is 276 g/mol. The van der Waals surface area contributed by atoms with Crippen LogP contribution in [-0.4, -0.2) is 54.2 Å². The third kappa shape index (κ3) is 3.65. The second kappa shape index (κ2) is 6.32. The number of amides is 2. The number of carboxylic acids is 1. The summed E-state index contributed by atoms with van der Waals surface area (Å²) in [4.78, 5) is 36.3. The molecule has 1 aliphatic carbocycles. The highest BCUT2D eigenvalue weighted by Gasteiger charge is 2.50. The lowest BCUT2D eigenvalue weighted by atomic mass is 9.97. The Labute approximate surface area is 123 Å². The maximum Gasteiger partial charge on any atom is 0.317 e. The van der Waals surface area contributed by atoms with E-state index in [4.69, 9.17) is 9.84 Å². The number of ether oxygens (including phenoxy) is 1. The van der Waals surface area contributed by atoms with Gasteiger partial charge in [0.05, 0.1) is 17.9 Å². The summed E-state index contributed by atoms with van der Waals surface area (Å²) in [6.45, 7) is 3.32. The molecule has 118 valence electrons. The normalized spacial score (nSPS) is 20.7. The Balaban J connectivity index is 1.73. The first kappa shape index (κ1) is 15.6. The minimum atomic E-state index is -0.844. The van der Waals surface area contributed by atoms with Crippen molar-refractivity contribution in [3.63, 3.8) is 0 Å². The van der Waals surface area contributed by atoms with Gasteiger partial charge in [-0.15, -0.1) is 0 Å². The number of piperidine rings is 1. The molecule has 1 aliphatic heterocycles. The topological polar surface area (TPSA) is 95.9 Å². The minimum absolute atomic E-state index is 0.136. The Hall–Kier alpha value is -1.79. The summed E-state index contributed by atoms with van der Waals surface area (Å²) in [5, 5.41) is 11.8. The summed E-state index contributed by atoms with van der Waals surface area (Å²) < 4.78 is 4.98. The van der Waals surface area contributed by atoms with Crippen LogP contribution in [0.3, 0.4) is 0 Å². The molecular formula is C14H22N2O5. The van der Waals surface area contributed by atoms with E-state index >= 15 is 0 Å². The van der Waals surface area contributed by atoms with Crippen LogP contribution in [-0.2, 0) is 14.3 Å². The van der Waals surface area contributed by atoms with Crippen LogP contribution < -0.4 is 5.32 Å². The first-order valence-corrected chi connectivity index (χ1v) is 7.41. The monoisotopic (exact) mass is 298 g/mol. The van der Waals surface area contributed by atoms with E-state index in [1.165, 1.54) is 0 Å². The van der Waals surface area contributed by atoms with Crippen LogP contribution in [0.1, 0.15) is 32.6 Å². The lowest BCUT2D eigenvalue weighted by Crippen LogP contribution is -2.47. The molecule has 0 atom stereocenters. The van der Waals surface area contributed by atoms with Crippen molar-refractivity contribution in [2.45, 2.75) is 32.6 Å². The van der Waals surface area contributed by atoms with Gasteiger partial charge in [0.1, 0.15) is 0 Å². The zero-order valence-corrected chi connectivity index (χ0v) is 12.3. The lowest BCUT2D eigenvalue weighted by Gasteiger charge is -2.31. The number of likely N-dealkylation sites (tertiary alicyclic amines) is 1. The van der Waals surface area contributed by atoms with Crippen molar-refractivity contribution in [2.24, 2.45) is 11.3 Å². The van der Waals surface area contributed by atoms with Crippen LogP contribution in [0.5, 0.6) is 0 Å². The number of hydrogen-bond donors (Lipinski definition) is 2. The predicted octanol–water partition coefficient (Wildman–Crippen LogP) is 0.836. The molecule has 1 saturated carbocycles. The van der Waals surface area contributed by atoms with Crippen molar-refractivity contribution in [2.75, 3.05) is 26.2 Å². The van der Waals surface area contributed by atoms with Gasteiger partial charge in [-0.25, -0.2) is 4.79 Å². The van der Waals surface area contributed by atoms with Gasteiger partial charge in [-0.2, -0.15) is 0 Å². The second-order valence-electron chi connectivity index (χ2n) is 5.76. The molecule has 0 radical (unpaired) electrons. The third-order valence-electron chi connectivity index (χ3n) is 4.29. The molecule has 0 aromatic carbocycles. The van der Waals surface area contributed by atoms with Gasteiger partial charge in [0.15, 0.2) is 0 Å². The summed E-state index contributed by atoms with van der Waals surface area (Å²) in [5.41, 5.74) is -0.751. The minimum Gasteiger partial charge on any atom is -0.481 e. The Morgan fingerprint density at radius 3 is 2.38 bits per heavy atom. The SMILES string of the molecule is CCOC(=O)C1CCN(C(=O)NCC2(C(=O)O)CC2)CC1. The highest BCUT2D eigenvalue weighted by molar-refractivity contribution is 5.80. The number of esters is 1. The number of carbonyl (C=O) groups is 3. The quantitative estimate of drug-likeness (QED) is 0.733. The van der Waals surface area contributed by atoms with Crippen LogP contribution >= 0.6 is 0 Å². The van der Waals surface area contributed by atoms with E-state index in [1.54, 1.807) is 11.8 Å². The highest BCUT2D eigenvalue weighted by Crippen LogP contribution is 2.45. The lowest BCUT2D eigenvalue weighted by molar-refractivity contribution is -0.149. The van der Waals surface area contributed by atoms with Crippen molar-refractivity contribution in [3.05, 3.63) is 0 Å². The maximum atomic E-state index is 12.0. The van der Waals surface area contributed by atoms with Crippen molar-refractivity contribution >= 4 is 18.0 Å². The van der Waals surface area contributed by atoms with Crippen molar-refractivity contribution in [3.8, 4) is 0 Å². The largest absolute Gasteiger partial charge is 0.481 e.